The molecule has 44 heavy (non-hydrogen) atoms. The van der Waals surface area contributed by atoms with Gasteiger partial charge in [0.25, 0.3) is 11.8 Å². The van der Waals surface area contributed by atoms with Crippen LogP contribution in [-0.4, -0.2) is 107 Å². The van der Waals surface area contributed by atoms with Crippen molar-refractivity contribution in [2.75, 3.05) is 58.5 Å². The molecule has 2 saturated heterocycles. The number of primary amides is 1. The summed E-state index contributed by atoms with van der Waals surface area (Å²) in [6, 6.07) is 8.01. The number of methoxy groups -OCH3 is 2. The van der Waals surface area contributed by atoms with E-state index in [9.17, 15) is 9.59 Å². The molecule has 2 amide bonds. The van der Waals surface area contributed by atoms with E-state index >= 15 is 0 Å². The molecular formula is C30H34N8O5S. The van der Waals surface area contributed by atoms with Gasteiger partial charge in [-0.3, -0.25) is 14.5 Å². The first-order valence-corrected chi connectivity index (χ1v) is 15.4. The summed E-state index contributed by atoms with van der Waals surface area (Å²) in [6.07, 6.45) is 7.35. The second-order valence-electron chi connectivity index (χ2n) is 11.1. The predicted molar refractivity (Wildman–Crippen MR) is 164 cm³/mol. The lowest BCUT2D eigenvalue weighted by atomic mass is 10.1. The third-order valence-electron chi connectivity index (χ3n) is 8.36. The molecule has 0 spiro atoms. The Kier molecular flexibility index (Phi) is 7.48. The molecule has 1 aromatic carbocycles. The second-order valence-corrected chi connectivity index (χ2v) is 12.1. The van der Waals surface area contributed by atoms with Crippen LogP contribution in [0.4, 0.5) is 10.8 Å². The first-order valence-electron chi connectivity index (χ1n) is 14.6. The standard InChI is InChI=1S/C30H34N8O5S/c1-41-22-5-6-24(25(12-22)42-2)37-15-20(14-33-37)38(19-3-4-19)30-34-26(28(31)39)27(44-30)23-11-18(13-32-23)29(40)36-9-7-35(8-10-36)21-16-43-17-21/h5-6,11-15,19,21,32H,3-4,7-10,16-17H2,1-2H3,(H2,31,39). The molecule has 0 bridgehead atoms. The van der Waals surface area contributed by atoms with Gasteiger partial charge >= 0.3 is 0 Å². The Bertz CT molecular complexity index is 1680. The van der Waals surface area contributed by atoms with Crippen LogP contribution in [0.25, 0.3) is 16.3 Å². The summed E-state index contributed by atoms with van der Waals surface area (Å²) in [5.41, 5.74) is 8.74. The van der Waals surface area contributed by atoms with Gasteiger partial charge in [-0.15, -0.1) is 0 Å². The normalized spacial score (nSPS) is 17.4. The summed E-state index contributed by atoms with van der Waals surface area (Å²) in [6.45, 7) is 4.54. The number of rotatable bonds is 10. The number of piperazine rings is 1. The van der Waals surface area contributed by atoms with Gasteiger partial charge in [0.05, 0.1) is 67.7 Å². The van der Waals surface area contributed by atoms with Crippen LogP contribution in [-0.2, 0) is 4.74 Å². The van der Waals surface area contributed by atoms with E-state index in [0.717, 1.165) is 50.5 Å². The van der Waals surface area contributed by atoms with Crippen molar-refractivity contribution in [2.24, 2.45) is 5.73 Å². The summed E-state index contributed by atoms with van der Waals surface area (Å²) in [5.74, 6) is 0.637. The van der Waals surface area contributed by atoms with Gasteiger partial charge in [0, 0.05) is 44.5 Å². The van der Waals surface area contributed by atoms with Crippen molar-refractivity contribution in [2.45, 2.75) is 24.9 Å². The van der Waals surface area contributed by atoms with Crippen molar-refractivity contribution >= 4 is 34.0 Å². The lowest BCUT2D eigenvalue weighted by molar-refractivity contribution is -0.0746. The zero-order chi connectivity index (χ0) is 30.4. The molecule has 5 heterocycles. The number of hydrogen-bond donors (Lipinski definition) is 2. The van der Waals surface area contributed by atoms with E-state index < -0.39 is 5.91 Å². The number of hydrogen-bond acceptors (Lipinski definition) is 10. The molecule has 0 radical (unpaired) electrons. The zero-order valence-electron chi connectivity index (χ0n) is 24.6. The van der Waals surface area contributed by atoms with Gasteiger partial charge in [-0.05, 0) is 31.0 Å². The van der Waals surface area contributed by atoms with Gasteiger partial charge in [-0.25, -0.2) is 9.67 Å². The maximum atomic E-state index is 13.3. The number of nitrogens with zero attached hydrogens (tertiary/aromatic N) is 6. The summed E-state index contributed by atoms with van der Waals surface area (Å²) in [7, 11) is 3.21. The Balaban J connectivity index is 1.14. The maximum Gasteiger partial charge on any atom is 0.268 e. The summed E-state index contributed by atoms with van der Waals surface area (Å²) >= 11 is 1.36. The summed E-state index contributed by atoms with van der Waals surface area (Å²) in [5, 5.41) is 5.24. The molecule has 3 N–H and O–H groups in total. The van der Waals surface area contributed by atoms with Crippen LogP contribution in [0.15, 0.2) is 42.9 Å². The van der Waals surface area contributed by atoms with E-state index in [0.29, 0.717) is 51.9 Å². The van der Waals surface area contributed by atoms with Gasteiger partial charge < -0.3 is 34.7 Å². The number of anilines is 2. The highest BCUT2D eigenvalue weighted by Gasteiger charge is 2.35. The Morgan fingerprint density at radius 2 is 1.91 bits per heavy atom. The number of thiazole rings is 1. The molecule has 3 aliphatic rings. The highest BCUT2D eigenvalue weighted by Crippen LogP contribution is 2.43. The average molecular weight is 619 g/mol. The van der Waals surface area contributed by atoms with Crippen LogP contribution in [0.2, 0.25) is 0 Å². The van der Waals surface area contributed by atoms with Gasteiger partial charge in [0.2, 0.25) is 0 Å². The lowest BCUT2D eigenvalue weighted by Gasteiger charge is -2.42. The Labute approximate surface area is 258 Å². The van der Waals surface area contributed by atoms with Crippen molar-refractivity contribution in [1.29, 1.82) is 0 Å². The monoisotopic (exact) mass is 618 g/mol. The maximum absolute atomic E-state index is 13.3. The number of nitrogens with two attached hydrogens (primary N) is 1. The summed E-state index contributed by atoms with van der Waals surface area (Å²) < 4.78 is 18.0. The number of aromatic nitrogens is 4. The highest BCUT2D eigenvalue weighted by molar-refractivity contribution is 7.19. The number of benzene rings is 1. The number of nitrogens with one attached hydrogen (secondary N) is 1. The molecular weight excluding hydrogens is 584 g/mol. The van der Waals surface area contributed by atoms with Gasteiger partial charge in [0.1, 0.15) is 17.2 Å². The Hall–Kier alpha value is -4.40. The Morgan fingerprint density at radius 3 is 2.57 bits per heavy atom. The molecule has 7 rings (SSSR count). The molecule has 3 aromatic heterocycles. The molecule has 14 heteroatoms. The van der Waals surface area contributed by atoms with Crippen LogP contribution >= 0.6 is 11.3 Å². The molecule has 1 saturated carbocycles. The first-order chi connectivity index (χ1) is 21.4. The fourth-order valence-corrected chi connectivity index (χ4v) is 6.81. The van der Waals surface area contributed by atoms with Crippen LogP contribution in [0.5, 0.6) is 11.5 Å². The third-order valence-corrected chi connectivity index (χ3v) is 9.45. The van der Waals surface area contributed by atoms with Gasteiger partial charge in [-0.2, -0.15) is 5.10 Å². The fourth-order valence-electron chi connectivity index (χ4n) is 5.67. The average Bonchev–Trinajstić information content (AvgIpc) is 3.37. The van der Waals surface area contributed by atoms with Gasteiger partial charge in [0.15, 0.2) is 10.8 Å². The van der Waals surface area contributed by atoms with Crippen LogP contribution in [0.3, 0.4) is 0 Å². The first kappa shape index (κ1) is 28.4. The number of ether oxygens (including phenoxy) is 3. The minimum absolute atomic E-state index is 0.0386. The Morgan fingerprint density at radius 1 is 1.11 bits per heavy atom. The van der Waals surface area contributed by atoms with E-state index in [2.05, 4.69) is 19.9 Å². The molecule has 13 nitrogen and oxygen atoms in total. The van der Waals surface area contributed by atoms with Crippen molar-refractivity contribution in [3.8, 4) is 27.8 Å². The number of amides is 2. The van der Waals surface area contributed by atoms with Gasteiger partial charge in [-0.1, -0.05) is 11.3 Å². The number of H-pyrrole nitrogens is 1. The van der Waals surface area contributed by atoms with E-state index in [1.807, 2.05) is 29.3 Å². The number of aromatic amines is 1. The molecule has 0 unspecified atom stereocenters. The minimum Gasteiger partial charge on any atom is -0.497 e. The predicted octanol–water partition coefficient (Wildman–Crippen LogP) is 2.90. The molecule has 1 aliphatic carbocycles. The topological polar surface area (TPSA) is 144 Å². The largest absolute Gasteiger partial charge is 0.497 e. The molecule has 2 aliphatic heterocycles. The lowest BCUT2D eigenvalue weighted by Crippen LogP contribution is -2.57. The zero-order valence-corrected chi connectivity index (χ0v) is 25.4. The van der Waals surface area contributed by atoms with Crippen molar-refractivity contribution in [3.05, 3.63) is 54.1 Å². The fraction of sp³-hybridized carbons (Fsp3) is 0.400. The van der Waals surface area contributed by atoms with Crippen molar-refractivity contribution < 1.29 is 23.8 Å². The molecule has 0 atom stereocenters. The van der Waals surface area contributed by atoms with Crippen molar-refractivity contribution in [3.63, 3.8) is 0 Å². The molecule has 4 aromatic rings. The molecule has 3 fully saturated rings. The number of carbonyl (C=O) groups excluding carboxylic acids is 2. The van der Waals surface area contributed by atoms with E-state index in [4.69, 9.17) is 24.9 Å². The van der Waals surface area contributed by atoms with Crippen LogP contribution in [0, 0.1) is 0 Å². The number of carbonyl (C=O) groups is 2. The second kappa shape index (κ2) is 11.6. The summed E-state index contributed by atoms with van der Waals surface area (Å²) in [4.78, 5) is 40.8. The molecule has 230 valence electrons. The van der Waals surface area contributed by atoms with Crippen molar-refractivity contribution in [1.82, 2.24) is 29.5 Å². The van der Waals surface area contributed by atoms with E-state index in [-0.39, 0.29) is 17.6 Å². The highest BCUT2D eigenvalue weighted by atomic mass is 32.1. The SMILES string of the molecule is COc1ccc(-n2cc(N(c3nc(C(N)=O)c(-c4cc(C(=O)N5CCN(C6COC6)CC5)c[nH]4)s3)C3CC3)cn2)c(OC)c1. The van der Waals surface area contributed by atoms with E-state index in [1.54, 1.807) is 37.4 Å². The van der Waals surface area contributed by atoms with E-state index in [1.165, 1.54) is 11.3 Å². The van der Waals surface area contributed by atoms with Crippen LogP contribution < -0.4 is 20.1 Å². The quantitative estimate of drug-likeness (QED) is 0.274. The minimum atomic E-state index is -0.629. The smallest absolute Gasteiger partial charge is 0.268 e. The van der Waals surface area contributed by atoms with Crippen LogP contribution in [0.1, 0.15) is 33.7 Å². The third kappa shape index (κ3) is 5.29.